The van der Waals surface area contributed by atoms with Crippen LogP contribution in [0, 0.1) is 0 Å². The number of hydrogen-bond acceptors (Lipinski definition) is 4. The third-order valence-corrected chi connectivity index (χ3v) is 1.80. The van der Waals surface area contributed by atoms with E-state index in [9.17, 15) is 4.79 Å². The molecule has 0 unspecified atom stereocenters. The zero-order valence-electron chi connectivity index (χ0n) is 9.32. The standard InChI is InChI=1S/C11H15NO4/c1-8(14)12-9-5-10(15-2)7-11(6-9)16-4-3-13/h5-7,13H,3-4H2,1-2H3,(H,12,14). The lowest BCUT2D eigenvalue weighted by molar-refractivity contribution is -0.114. The van der Waals surface area contributed by atoms with E-state index in [1.807, 2.05) is 0 Å². The molecule has 5 heteroatoms. The number of hydrogen-bond donors (Lipinski definition) is 2. The number of amides is 1. The molecule has 0 fully saturated rings. The molecule has 0 radical (unpaired) electrons. The predicted octanol–water partition coefficient (Wildman–Crippen LogP) is 1.02. The quantitative estimate of drug-likeness (QED) is 0.785. The maximum atomic E-state index is 10.9. The van der Waals surface area contributed by atoms with Gasteiger partial charge >= 0.3 is 0 Å². The van der Waals surface area contributed by atoms with Crippen LogP contribution in [0.5, 0.6) is 11.5 Å². The first kappa shape index (κ1) is 12.3. The first-order valence-electron chi connectivity index (χ1n) is 4.86. The van der Waals surface area contributed by atoms with Gasteiger partial charge in [0.05, 0.1) is 13.7 Å². The van der Waals surface area contributed by atoms with E-state index in [2.05, 4.69) is 5.32 Å². The Bertz CT molecular complexity index is 365. The van der Waals surface area contributed by atoms with Crippen molar-refractivity contribution in [3.8, 4) is 11.5 Å². The van der Waals surface area contributed by atoms with Crippen LogP contribution in [-0.2, 0) is 4.79 Å². The molecule has 0 bridgehead atoms. The van der Waals surface area contributed by atoms with Gasteiger partial charge < -0.3 is 19.9 Å². The predicted molar refractivity (Wildman–Crippen MR) is 59.9 cm³/mol. The fraction of sp³-hybridized carbons (Fsp3) is 0.364. The van der Waals surface area contributed by atoms with Crippen molar-refractivity contribution in [2.45, 2.75) is 6.92 Å². The molecule has 0 saturated carbocycles. The van der Waals surface area contributed by atoms with E-state index in [4.69, 9.17) is 14.6 Å². The van der Waals surface area contributed by atoms with Crippen LogP contribution >= 0.6 is 0 Å². The van der Waals surface area contributed by atoms with Gasteiger partial charge in [0.2, 0.25) is 5.91 Å². The van der Waals surface area contributed by atoms with Crippen LogP contribution in [0.15, 0.2) is 18.2 Å². The van der Waals surface area contributed by atoms with Crippen molar-refractivity contribution >= 4 is 11.6 Å². The maximum absolute atomic E-state index is 10.9. The van der Waals surface area contributed by atoms with Crippen molar-refractivity contribution in [3.05, 3.63) is 18.2 Å². The van der Waals surface area contributed by atoms with Gasteiger partial charge in [0.1, 0.15) is 18.1 Å². The molecule has 1 rings (SSSR count). The number of carbonyl (C=O) groups is 1. The maximum Gasteiger partial charge on any atom is 0.221 e. The molecule has 0 heterocycles. The molecule has 1 aromatic carbocycles. The van der Waals surface area contributed by atoms with E-state index < -0.39 is 0 Å². The Morgan fingerprint density at radius 1 is 1.38 bits per heavy atom. The van der Waals surface area contributed by atoms with Gasteiger partial charge in [-0.2, -0.15) is 0 Å². The van der Waals surface area contributed by atoms with Crippen molar-refractivity contribution in [2.24, 2.45) is 0 Å². The number of ether oxygens (including phenoxy) is 2. The first-order chi connectivity index (χ1) is 7.65. The molecule has 0 aliphatic carbocycles. The second-order valence-corrected chi connectivity index (χ2v) is 3.15. The molecule has 0 spiro atoms. The molecular formula is C11H15NO4. The van der Waals surface area contributed by atoms with E-state index in [1.165, 1.54) is 14.0 Å². The molecule has 2 N–H and O–H groups in total. The summed E-state index contributed by atoms with van der Waals surface area (Å²) in [5.41, 5.74) is 0.597. The normalized spacial score (nSPS) is 9.69. The summed E-state index contributed by atoms with van der Waals surface area (Å²) in [4.78, 5) is 10.9. The summed E-state index contributed by atoms with van der Waals surface area (Å²) in [5, 5.41) is 11.3. The number of rotatable bonds is 5. The summed E-state index contributed by atoms with van der Waals surface area (Å²) in [5.74, 6) is 0.956. The highest BCUT2D eigenvalue weighted by molar-refractivity contribution is 5.89. The Morgan fingerprint density at radius 2 is 2.06 bits per heavy atom. The Labute approximate surface area is 94.0 Å². The zero-order valence-corrected chi connectivity index (χ0v) is 9.32. The third kappa shape index (κ3) is 3.78. The highest BCUT2D eigenvalue weighted by Gasteiger charge is 2.03. The summed E-state index contributed by atoms with van der Waals surface area (Å²) >= 11 is 0. The van der Waals surface area contributed by atoms with Gasteiger partial charge in [0.25, 0.3) is 0 Å². The lowest BCUT2D eigenvalue weighted by Gasteiger charge is -2.10. The molecular weight excluding hydrogens is 210 g/mol. The third-order valence-electron chi connectivity index (χ3n) is 1.80. The summed E-state index contributed by atoms with van der Waals surface area (Å²) < 4.78 is 10.3. The Kier molecular flexibility index (Phi) is 4.60. The second kappa shape index (κ2) is 5.97. The SMILES string of the molecule is COc1cc(NC(C)=O)cc(OCCO)c1. The fourth-order valence-electron chi connectivity index (χ4n) is 1.21. The molecule has 1 amide bonds. The Hall–Kier alpha value is -1.75. The molecule has 88 valence electrons. The van der Waals surface area contributed by atoms with Crippen LogP contribution in [0.3, 0.4) is 0 Å². The fourth-order valence-corrected chi connectivity index (χ4v) is 1.21. The van der Waals surface area contributed by atoms with Gasteiger partial charge in [-0.3, -0.25) is 4.79 Å². The topological polar surface area (TPSA) is 67.8 Å². The van der Waals surface area contributed by atoms with Crippen LogP contribution in [0.2, 0.25) is 0 Å². The van der Waals surface area contributed by atoms with Crippen molar-refractivity contribution < 1.29 is 19.4 Å². The van der Waals surface area contributed by atoms with Gasteiger partial charge in [-0.1, -0.05) is 0 Å². The van der Waals surface area contributed by atoms with Crippen LogP contribution in [-0.4, -0.2) is 31.3 Å². The number of anilines is 1. The van der Waals surface area contributed by atoms with Crippen LogP contribution in [0.4, 0.5) is 5.69 Å². The molecule has 1 aromatic rings. The lowest BCUT2D eigenvalue weighted by Crippen LogP contribution is -2.07. The molecule has 0 aromatic heterocycles. The van der Waals surface area contributed by atoms with E-state index in [0.29, 0.717) is 17.2 Å². The monoisotopic (exact) mass is 225 g/mol. The van der Waals surface area contributed by atoms with Crippen LogP contribution in [0.1, 0.15) is 6.92 Å². The van der Waals surface area contributed by atoms with E-state index in [1.54, 1.807) is 18.2 Å². The minimum absolute atomic E-state index is 0.0628. The second-order valence-electron chi connectivity index (χ2n) is 3.15. The van der Waals surface area contributed by atoms with Crippen molar-refractivity contribution in [1.82, 2.24) is 0 Å². The Balaban J connectivity index is 2.86. The number of aliphatic hydroxyl groups excluding tert-OH is 1. The molecule has 16 heavy (non-hydrogen) atoms. The summed E-state index contributed by atoms with van der Waals surface area (Å²) in [6, 6.07) is 5.04. The smallest absolute Gasteiger partial charge is 0.221 e. The van der Waals surface area contributed by atoms with E-state index in [0.717, 1.165) is 0 Å². The van der Waals surface area contributed by atoms with Gasteiger partial charge in [0.15, 0.2) is 0 Å². The molecule has 0 atom stereocenters. The van der Waals surface area contributed by atoms with Crippen molar-refractivity contribution in [1.29, 1.82) is 0 Å². The number of nitrogens with one attached hydrogen (secondary N) is 1. The minimum Gasteiger partial charge on any atom is -0.497 e. The summed E-state index contributed by atoms with van der Waals surface area (Å²) in [6.07, 6.45) is 0. The van der Waals surface area contributed by atoms with Crippen LogP contribution < -0.4 is 14.8 Å². The van der Waals surface area contributed by atoms with Gasteiger partial charge in [-0.15, -0.1) is 0 Å². The highest BCUT2D eigenvalue weighted by atomic mass is 16.5. The molecule has 0 saturated heterocycles. The van der Waals surface area contributed by atoms with Crippen molar-refractivity contribution in [3.63, 3.8) is 0 Å². The van der Waals surface area contributed by atoms with Crippen LogP contribution in [0.25, 0.3) is 0 Å². The lowest BCUT2D eigenvalue weighted by atomic mass is 10.2. The molecule has 0 aliphatic heterocycles. The van der Waals surface area contributed by atoms with E-state index >= 15 is 0 Å². The summed E-state index contributed by atoms with van der Waals surface area (Å²) in [6.45, 7) is 1.56. The first-order valence-corrected chi connectivity index (χ1v) is 4.86. The minimum atomic E-state index is -0.165. The van der Waals surface area contributed by atoms with Gasteiger partial charge in [-0.05, 0) is 0 Å². The molecule has 5 nitrogen and oxygen atoms in total. The molecule has 0 aliphatic rings. The van der Waals surface area contributed by atoms with Crippen molar-refractivity contribution in [2.75, 3.05) is 25.6 Å². The number of methoxy groups -OCH3 is 1. The van der Waals surface area contributed by atoms with E-state index in [-0.39, 0.29) is 19.1 Å². The largest absolute Gasteiger partial charge is 0.497 e. The summed E-state index contributed by atoms with van der Waals surface area (Å²) in [7, 11) is 1.53. The number of aliphatic hydroxyl groups is 1. The number of benzene rings is 1. The van der Waals surface area contributed by atoms with Gasteiger partial charge in [0, 0.05) is 30.8 Å². The average Bonchev–Trinajstić information content (AvgIpc) is 2.25. The Morgan fingerprint density at radius 3 is 2.62 bits per heavy atom. The highest BCUT2D eigenvalue weighted by Crippen LogP contribution is 2.25. The average molecular weight is 225 g/mol. The zero-order chi connectivity index (χ0) is 12.0. The number of carbonyl (C=O) groups excluding carboxylic acids is 1. The van der Waals surface area contributed by atoms with Gasteiger partial charge in [-0.25, -0.2) is 0 Å².